The maximum absolute atomic E-state index is 12.7. The minimum absolute atomic E-state index is 0.0466. The number of fused-ring (bicyclic) bond motifs is 1. The van der Waals surface area contributed by atoms with E-state index in [1.165, 1.54) is 15.6 Å². The summed E-state index contributed by atoms with van der Waals surface area (Å²) in [4.78, 5) is 29.1. The van der Waals surface area contributed by atoms with Crippen LogP contribution >= 0.6 is 0 Å². The predicted octanol–water partition coefficient (Wildman–Crippen LogP) is 0.671. The first-order valence-electron chi connectivity index (χ1n) is 9.58. The minimum Gasteiger partial charge on any atom is -0.494 e. The number of hydrogen-bond donors (Lipinski definition) is 1. The van der Waals surface area contributed by atoms with E-state index in [1.807, 2.05) is 31.2 Å². The number of nitrogens with one attached hydrogen (secondary N) is 1. The van der Waals surface area contributed by atoms with Crippen LogP contribution in [0.3, 0.4) is 0 Å². The van der Waals surface area contributed by atoms with Crippen LogP contribution in [0.1, 0.15) is 19.8 Å². The van der Waals surface area contributed by atoms with E-state index in [0.717, 1.165) is 25.2 Å². The number of nitrogens with zero attached hydrogens (tertiary/aromatic N) is 5. The van der Waals surface area contributed by atoms with Gasteiger partial charge in [-0.1, -0.05) is 5.21 Å². The lowest BCUT2D eigenvalue weighted by Gasteiger charge is -2.11. The SMILES string of the molecule is CCOc1ccc(-n2nnc3c(=O)n(CC(=O)NC[C@H]4CCCO4)cnc32)cc1. The molecule has 1 atom stereocenters. The average molecular weight is 398 g/mol. The Bertz CT molecular complexity index is 1050. The maximum atomic E-state index is 12.7. The number of carbonyl (C=O) groups excluding carboxylic acids is 1. The highest BCUT2D eigenvalue weighted by Crippen LogP contribution is 2.17. The second kappa shape index (κ2) is 8.39. The number of hydrogen-bond acceptors (Lipinski definition) is 7. The van der Waals surface area contributed by atoms with Gasteiger partial charge in [-0.3, -0.25) is 14.2 Å². The Morgan fingerprint density at radius 3 is 2.90 bits per heavy atom. The third-order valence-corrected chi connectivity index (χ3v) is 4.69. The van der Waals surface area contributed by atoms with Crippen LogP contribution < -0.4 is 15.6 Å². The van der Waals surface area contributed by atoms with Crippen molar-refractivity contribution >= 4 is 17.1 Å². The zero-order valence-corrected chi connectivity index (χ0v) is 16.1. The van der Waals surface area contributed by atoms with Gasteiger partial charge in [-0.25, -0.2) is 4.98 Å². The van der Waals surface area contributed by atoms with Crippen LogP contribution in [0.5, 0.6) is 5.75 Å². The Labute approximate surface area is 166 Å². The summed E-state index contributed by atoms with van der Waals surface area (Å²) in [6.45, 7) is 3.52. The number of carbonyl (C=O) groups is 1. The van der Waals surface area contributed by atoms with E-state index < -0.39 is 5.56 Å². The van der Waals surface area contributed by atoms with Crippen LogP contribution in [-0.4, -0.2) is 56.3 Å². The van der Waals surface area contributed by atoms with E-state index in [1.54, 1.807) is 0 Å². The molecule has 1 saturated heterocycles. The predicted molar refractivity (Wildman–Crippen MR) is 104 cm³/mol. The van der Waals surface area contributed by atoms with E-state index in [9.17, 15) is 9.59 Å². The van der Waals surface area contributed by atoms with Gasteiger partial charge in [-0.05, 0) is 44.0 Å². The Hall–Kier alpha value is -3.27. The fourth-order valence-electron chi connectivity index (χ4n) is 3.22. The summed E-state index contributed by atoms with van der Waals surface area (Å²) in [7, 11) is 0. The topological polar surface area (TPSA) is 113 Å². The molecule has 10 heteroatoms. The highest BCUT2D eigenvalue weighted by molar-refractivity contribution is 5.76. The number of benzene rings is 1. The largest absolute Gasteiger partial charge is 0.494 e. The first-order valence-corrected chi connectivity index (χ1v) is 9.58. The Morgan fingerprint density at radius 1 is 1.34 bits per heavy atom. The van der Waals surface area contributed by atoms with Crippen LogP contribution in [0, 0.1) is 0 Å². The van der Waals surface area contributed by atoms with E-state index in [0.29, 0.717) is 24.5 Å². The lowest BCUT2D eigenvalue weighted by molar-refractivity contribution is -0.122. The smallest absolute Gasteiger partial charge is 0.284 e. The van der Waals surface area contributed by atoms with Gasteiger partial charge < -0.3 is 14.8 Å². The molecule has 1 fully saturated rings. The number of aromatic nitrogens is 5. The van der Waals surface area contributed by atoms with Crippen LogP contribution in [0.25, 0.3) is 16.9 Å². The molecule has 0 radical (unpaired) electrons. The zero-order valence-electron chi connectivity index (χ0n) is 16.1. The molecule has 4 rings (SSSR count). The molecule has 3 aromatic rings. The van der Waals surface area contributed by atoms with Gasteiger partial charge in [0.05, 0.1) is 18.4 Å². The Kier molecular flexibility index (Phi) is 5.52. The third-order valence-electron chi connectivity index (χ3n) is 4.69. The van der Waals surface area contributed by atoms with Gasteiger partial charge in [-0.15, -0.1) is 5.10 Å². The summed E-state index contributed by atoms with van der Waals surface area (Å²) in [6, 6.07) is 7.24. The molecule has 152 valence electrons. The zero-order chi connectivity index (χ0) is 20.2. The van der Waals surface area contributed by atoms with Crippen molar-refractivity contribution in [2.45, 2.75) is 32.4 Å². The number of rotatable bonds is 7. The molecular formula is C19H22N6O4. The van der Waals surface area contributed by atoms with Crippen molar-refractivity contribution in [1.29, 1.82) is 0 Å². The molecule has 0 spiro atoms. The van der Waals surface area contributed by atoms with E-state index in [4.69, 9.17) is 9.47 Å². The monoisotopic (exact) mass is 398 g/mol. The summed E-state index contributed by atoms with van der Waals surface area (Å²) in [5.41, 5.74) is 0.720. The second-order valence-corrected chi connectivity index (χ2v) is 6.72. The van der Waals surface area contributed by atoms with Crippen molar-refractivity contribution in [2.75, 3.05) is 19.8 Å². The van der Waals surface area contributed by atoms with Crippen LogP contribution in [0.2, 0.25) is 0 Å². The van der Waals surface area contributed by atoms with Crippen molar-refractivity contribution in [3.63, 3.8) is 0 Å². The van der Waals surface area contributed by atoms with Gasteiger partial charge in [0.2, 0.25) is 5.91 Å². The summed E-state index contributed by atoms with van der Waals surface area (Å²) in [6.07, 6.45) is 3.32. The molecule has 1 aliphatic heterocycles. The van der Waals surface area contributed by atoms with Crippen molar-refractivity contribution in [1.82, 2.24) is 29.9 Å². The lowest BCUT2D eigenvalue weighted by atomic mass is 10.2. The molecule has 0 bridgehead atoms. The molecule has 0 saturated carbocycles. The van der Waals surface area contributed by atoms with Crippen molar-refractivity contribution in [2.24, 2.45) is 0 Å². The van der Waals surface area contributed by atoms with Crippen molar-refractivity contribution in [3.8, 4) is 11.4 Å². The highest BCUT2D eigenvalue weighted by atomic mass is 16.5. The van der Waals surface area contributed by atoms with Gasteiger partial charge in [0.15, 0.2) is 11.2 Å². The second-order valence-electron chi connectivity index (χ2n) is 6.72. The van der Waals surface area contributed by atoms with Crippen molar-refractivity contribution in [3.05, 3.63) is 40.9 Å². The number of amides is 1. The minimum atomic E-state index is -0.417. The molecule has 29 heavy (non-hydrogen) atoms. The van der Waals surface area contributed by atoms with Gasteiger partial charge in [0.25, 0.3) is 5.56 Å². The fraction of sp³-hybridized carbons (Fsp3) is 0.421. The first kappa shape index (κ1) is 19.1. The molecule has 10 nitrogen and oxygen atoms in total. The fourth-order valence-corrected chi connectivity index (χ4v) is 3.22. The molecule has 1 aliphatic rings. The van der Waals surface area contributed by atoms with Gasteiger partial charge in [0.1, 0.15) is 18.6 Å². The molecular weight excluding hydrogens is 376 g/mol. The van der Waals surface area contributed by atoms with Gasteiger partial charge in [-0.2, -0.15) is 4.68 Å². The summed E-state index contributed by atoms with van der Waals surface area (Å²) >= 11 is 0. The Morgan fingerprint density at radius 2 is 2.17 bits per heavy atom. The van der Waals surface area contributed by atoms with Crippen LogP contribution in [-0.2, 0) is 16.1 Å². The summed E-state index contributed by atoms with van der Waals surface area (Å²) < 4.78 is 13.6. The van der Waals surface area contributed by atoms with Gasteiger partial charge in [0, 0.05) is 13.2 Å². The normalized spacial score (nSPS) is 16.2. The first-order chi connectivity index (χ1) is 14.2. The van der Waals surface area contributed by atoms with Crippen molar-refractivity contribution < 1.29 is 14.3 Å². The van der Waals surface area contributed by atoms with E-state index >= 15 is 0 Å². The molecule has 0 unspecified atom stereocenters. The number of ether oxygens (including phenoxy) is 2. The lowest BCUT2D eigenvalue weighted by Crippen LogP contribution is -2.36. The summed E-state index contributed by atoms with van der Waals surface area (Å²) in [5.74, 6) is 0.465. The standard InChI is InChI=1S/C19H22N6O4/c1-2-28-14-7-5-13(6-8-14)25-18-17(22-23-25)19(27)24(12-21-18)11-16(26)20-10-15-4-3-9-29-15/h5-8,12,15H,2-4,9-11H2,1H3,(H,20,26)/t15-/m1/s1. The summed E-state index contributed by atoms with van der Waals surface area (Å²) in [5, 5.41) is 10.8. The van der Waals surface area contributed by atoms with E-state index in [2.05, 4.69) is 20.6 Å². The quantitative estimate of drug-likeness (QED) is 0.622. The Balaban J connectivity index is 1.51. The van der Waals surface area contributed by atoms with Gasteiger partial charge >= 0.3 is 0 Å². The maximum Gasteiger partial charge on any atom is 0.284 e. The molecule has 2 aromatic heterocycles. The molecule has 1 N–H and O–H groups in total. The molecule has 3 heterocycles. The average Bonchev–Trinajstić information content (AvgIpc) is 3.39. The van der Waals surface area contributed by atoms with Crippen LogP contribution in [0.4, 0.5) is 0 Å². The molecule has 1 aromatic carbocycles. The highest BCUT2D eigenvalue weighted by Gasteiger charge is 2.18. The molecule has 1 amide bonds. The van der Waals surface area contributed by atoms with E-state index in [-0.39, 0.29) is 24.1 Å². The van der Waals surface area contributed by atoms with Crippen LogP contribution in [0.15, 0.2) is 35.4 Å². The molecule has 0 aliphatic carbocycles. The third kappa shape index (κ3) is 4.11.